The normalized spacial score (nSPS) is 16.2. The highest BCUT2D eigenvalue weighted by Gasteiger charge is 2.25. The summed E-state index contributed by atoms with van der Waals surface area (Å²) >= 11 is 0. The molecule has 1 heterocycles. The molecule has 1 N–H and O–H groups in total. The van der Waals surface area contributed by atoms with E-state index in [1.165, 1.54) is 5.56 Å². The van der Waals surface area contributed by atoms with E-state index in [9.17, 15) is 13.2 Å². The number of hydrogen-bond donors (Lipinski definition) is 1. The number of carbonyl (C=O) groups excluding carboxylic acids is 1. The first-order valence-corrected chi connectivity index (χ1v) is 12.3. The Kier molecular flexibility index (Phi) is 7.67. The maximum absolute atomic E-state index is 12.7. The van der Waals surface area contributed by atoms with Crippen molar-refractivity contribution in [3.8, 4) is 0 Å². The fourth-order valence-electron chi connectivity index (χ4n) is 3.78. The Bertz CT molecular complexity index is 931. The van der Waals surface area contributed by atoms with Crippen LogP contribution < -0.4 is 5.32 Å². The topological polar surface area (TPSA) is 66.5 Å². The highest BCUT2D eigenvalue weighted by molar-refractivity contribution is 7.89. The van der Waals surface area contributed by atoms with Gasteiger partial charge in [-0.2, -0.15) is 4.31 Å². The molecule has 1 fully saturated rings. The van der Waals surface area contributed by atoms with E-state index in [1.54, 1.807) is 16.4 Å². The predicted molar refractivity (Wildman–Crippen MR) is 120 cm³/mol. The average molecular weight is 429 g/mol. The average Bonchev–Trinajstić information content (AvgIpc) is 2.78. The zero-order valence-electron chi connectivity index (χ0n) is 17.9. The number of sulfonamides is 1. The van der Waals surface area contributed by atoms with Crippen LogP contribution in [0.25, 0.3) is 0 Å². The van der Waals surface area contributed by atoms with E-state index in [-0.39, 0.29) is 11.9 Å². The van der Waals surface area contributed by atoms with Crippen molar-refractivity contribution in [1.29, 1.82) is 0 Å². The number of benzene rings is 2. The van der Waals surface area contributed by atoms with Crippen molar-refractivity contribution in [3.63, 3.8) is 0 Å². The van der Waals surface area contributed by atoms with Crippen molar-refractivity contribution in [2.24, 2.45) is 0 Å². The second kappa shape index (κ2) is 10.2. The molecule has 1 amide bonds. The zero-order chi connectivity index (χ0) is 21.6. The van der Waals surface area contributed by atoms with Crippen LogP contribution in [0, 0.1) is 0 Å². The fourth-order valence-corrected chi connectivity index (χ4v) is 5.30. The van der Waals surface area contributed by atoms with Crippen molar-refractivity contribution in [1.82, 2.24) is 9.62 Å². The summed E-state index contributed by atoms with van der Waals surface area (Å²) in [6.45, 7) is 5.31. The highest BCUT2D eigenvalue weighted by Crippen LogP contribution is 2.21. The molecule has 0 radical (unpaired) electrons. The summed E-state index contributed by atoms with van der Waals surface area (Å²) in [5.41, 5.74) is 3.33. The Balaban J connectivity index is 1.52. The number of nitrogens with one attached hydrogen (secondary N) is 1. The molecule has 0 aromatic heterocycles. The van der Waals surface area contributed by atoms with Crippen molar-refractivity contribution < 1.29 is 13.2 Å². The van der Waals surface area contributed by atoms with Gasteiger partial charge in [0, 0.05) is 19.5 Å². The lowest BCUT2D eigenvalue weighted by atomic mass is 10.0. The molecule has 162 valence electrons. The summed E-state index contributed by atoms with van der Waals surface area (Å²) in [6.07, 6.45) is 4.89. The lowest BCUT2D eigenvalue weighted by molar-refractivity contribution is -0.121. The quantitative estimate of drug-likeness (QED) is 0.684. The van der Waals surface area contributed by atoms with Gasteiger partial charge in [0.2, 0.25) is 15.9 Å². The summed E-state index contributed by atoms with van der Waals surface area (Å²) in [6, 6.07) is 15.2. The van der Waals surface area contributed by atoms with Gasteiger partial charge in [-0.1, -0.05) is 49.7 Å². The third-order valence-electron chi connectivity index (χ3n) is 5.78. The van der Waals surface area contributed by atoms with Crippen molar-refractivity contribution in [3.05, 3.63) is 65.2 Å². The van der Waals surface area contributed by atoms with E-state index in [1.807, 2.05) is 19.1 Å². The Morgan fingerprint density at radius 3 is 2.17 bits per heavy atom. The van der Waals surface area contributed by atoms with Crippen molar-refractivity contribution >= 4 is 15.9 Å². The van der Waals surface area contributed by atoms with Gasteiger partial charge in [0.1, 0.15) is 0 Å². The van der Waals surface area contributed by atoms with E-state index < -0.39 is 10.0 Å². The van der Waals surface area contributed by atoms with Crippen LogP contribution >= 0.6 is 0 Å². The minimum Gasteiger partial charge on any atom is -0.350 e. The second-order valence-electron chi connectivity index (χ2n) is 7.99. The molecule has 3 rings (SSSR count). The first-order chi connectivity index (χ1) is 14.4. The molecule has 0 bridgehead atoms. The van der Waals surface area contributed by atoms with Gasteiger partial charge in [0.15, 0.2) is 0 Å². The minimum absolute atomic E-state index is 0.00733. The summed E-state index contributed by atoms with van der Waals surface area (Å²) < 4.78 is 27.0. The number of aryl methyl sites for hydroxylation is 2. The third-order valence-corrected chi connectivity index (χ3v) is 7.70. The van der Waals surface area contributed by atoms with Crippen molar-refractivity contribution in [2.45, 2.75) is 63.3 Å². The predicted octanol–water partition coefficient (Wildman–Crippen LogP) is 4.23. The summed E-state index contributed by atoms with van der Waals surface area (Å²) in [7, 11) is -3.41. The standard InChI is InChI=1S/C24H32N2O3S/c1-3-20-7-12-22(13-8-20)19(2)25-24(27)16-11-21-9-14-23(15-10-21)30(28,29)26-17-5-4-6-18-26/h7-10,12-15,19H,3-6,11,16-18H2,1-2H3,(H,25,27). The molecule has 1 saturated heterocycles. The van der Waals surface area contributed by atoms with Crippen molar-refractivity contribution in [2.75, 3.05) is 13.1 Å². The van der Waals surface area contributed by atoms with Crippen LogP contribution in [0.4, 0.5) is 0 Å². The monoisotopic (exact) mass is 428 g/mol. The van der Waals surface area contributed by atoms with Gasteiger partial charge in [-0.25, -0.2) is 8.42 Å². The minimum atomic E-state index is -3.41. The number of nitrogens with zero attached hydrogens (tertiary/aromatic N) is 1. The van der Waals surface area contributed by atoms with Gasteiger partial charge in [-0.15, -0.1) is 0 Å². The Labute approximate surface area is 180 Å². The molecule has 2 aromatic carbocycles. The van der Waals surface area contributed by atoms with Gasteiger partial charge in [-0.3, -0.25) is 4.79 Å². The molecule has 1 unspecified atom stereocenters. The Morgan fingerprint density at radius 1 is 0.967 bits per heavy atom. The smallest absolute Gasteiger partial charge is 0.243 e. The summed E-state index contributed by atoms with van der Waals surface area (Å²) in [4.78, 5) is 12.7. The molecule has 1 aliphatic rings. The molecule has 2 aromatic rings. The largest absolute Gasteiger partial charge is 0.350 e. The molecule has 6 heteroatoms. The second-order valence-corrected chi connectivity index (χ2v) is 9.93. The molecule has 0 aliphatic carbocycles. The molecule has 5 nitrogen and oxygen atoms in total. The third kappa shape index (κ3) is 5.70. The number of piperidine rings is 1. The highest BCUT2D eigenvalue weighted by atomic mass is 32.2. The van der Waals surface area contributed by atoms with Crippen LogP contribution in [-0.4, -0.2) is 31.7 Å². The first kappa shape index (κ1) is 22.5. The van der Waals surface area contributed by atoms with Crippen LogP contribution in [0.15, 0.2) is 53.4 Å². The number of carbonyl (C=O) groups is 1. The molecule has 1 atom stereocenters. The van der Waals surface area contributed by atoms with Gasteiger partial charge in [0.25, 0.3) is 0 Å². The van der Waals surface area contributed by atoms with E-state index in [0.29, 0.717) is 30.8 Å². The van der Waals surface area contributed by atoms with Crippen LogP contribution in [-0.2, 0) is 27.7 Å². The Morgan fingerprint density at radius 2 is 1.57 bits per heavy atom. The van der Waals surface area contributed by atoms with Gasteiger partial charge in [0.05, 0.1) is 10.9 Å². The lowest BCUT2D eigenvalue weighted by Crippen LogP contribution is -2.35. The summed E-state index contributed by atoms with van der Waals surface area (Å²) in [5.74, 6) is -0.00733. The zero-order valence-corrected chi connectivity index (χ0v) is 18.7. The van der Waals surface area contributed by atoms with E-state index in [2.05, 4.69) is 36.5 Å². The summed E-state index contributed by atoms with van der Waals surface area (Å²) in [5, 5.41) is 3.04. The number of amides is 1. The van der Waals surface area contributed by atoms with Crippen LogP contribution in [0.3, 0.4) is 0 Å². The molecular weight excluding hydrogens is 396 g/mol. The van der Waals surface area contributed by atoms with Crippen LogP contribution in [0.5, 0.6) is 0 Å². The van der Waals surface area contributed by atoms with E-state index >= 15 is 0 Å². The van der Waals surface area contributed by atoms with Crippen LogP contribution in [0.2, 0.25) is 0 Å². The van der Waals surface area contributed by atoms with E-state index in [4.69, 9.17) is 0 Å². The molecule has 0 spiro atoms. The SMILES string of the molecule is CCc1ccc(C(C)NC(=O)CCc2ccc(S(=O)(=O)N3CCCCC3)cc2)cc1. The first-order valence-electron chi connectivity index (χ1n) is 10.9. The maximum Gasteiger partial charge on any atom is 0.243 e. The van der Waals surface area contributed by atoms with Gasteiger partial charge < -0.3 is 5.32 Å². The van der Waals surface area contributed by atoms with E-state index in [0.717, 1.165) is 36.8 Å². The van der Waals surface area contributed by atoms with Gasteiger partial charge >= 0.3 is 0 Å². The Hall–Kier alpha value is -2.18. The molecule has 30 heavy (non-hydrogen) atoms. The van der Waals surface area contributed by atoms with Gasteiger partial charge in [-0.05, 0) is 61.4 Å². The van der Waals surface area contributed by atoms with Crippen LogP contribution in [0.1, 0.15) is 62.3 Å². The number of hydrogen-bond acceptors (Lipinski definition) is 3. The molecular formula is C24H32N2O3S. The molecule has 0 saturated carbocycles. The lowest BCUT2D eigenvalue weighted by Gasteiger charge is -2.25. The molecule has 1 aliphatic heterocycles. The fraction of sp³-hybridized carbons (Fsp3) is 0.458. The number of rotatable bonds is 8. The maximum atomic E-state index is 12.7.